The summed E-state index contributed by atoms with van der Waals surface area (Å²) in [4.78, 5) is 58.4. The molecule has 0 unspecified atom stereocenters. The predicted octanol–water partition coefficient (Wildman–Crippen LogP) is 2.49. The van der Waals surface area contributed by atoms with Crippen molar-refractivity contribution in [1.29, 1.82) is 0 Å². The van der Waals surface area contributed by atoms with Crippen LogP contribution in [0.25, 0.3) is 0 Å². The van der Waals surface area contributed by atoms with Crippen LogP contribution in [-0.4, -0.2) is 69.1 Å². The number of anilines is 3. The fraction of sp³-hybridized carbons (Fsp3) is 0.296. The number of aliphatic carboxylic acids is 1. The number of carboxylic acids is 1. The van der Waals surface area contributed by atoms with E-state index in [1.54, 1.807) is 12.1 Å². The molecule has 45 heavy (non-hydrogen) atoms. The zero-order chi connectivity index (χ0) is 32.8. The van der Waals surface area contributed by atoms with Gasteiger partial charge in [0.25, 0.3) is 5.91 Å². The van der Waals surface area contributed by atoms with E-state index >= 15 is 0 Å². The summed E-state index contributed by atoms with van der Waals surface area (Å²) in [6, 6.07) is 10.7. The van der Waals surface area contributed by atoms with E-state index in [1.807, 2.05) is 12.1 Å². The Balaban J connectivity index is 1.46. The number of hydrogen-bond donors (Lipinski definition) is 6. The van der Waals surface area contributed by atoms with Gasteiger partial charge in [-0.2, -0.15) is 28.1 Å². The lowest BCUT2D eigenvalue weighted by Gasteiger charge is -2.19. The van der Waals surface area contributed by atoms with Crippen LogP contribution < -0.4 is 31.7 Å². The molecular formula is C27H26ClF3N8O6. The lowest BCUT2D eigenvalue weighted by atomic mass is 10.1. The van der Waals surface area contributed by atoms with E-state index in [2.05, 4.69) is 36.2 Å². The minimum atomic E-state index is -4.64. The van der Waals surface area contributed by atoms with Crippen molar-refractivity contribution in [2.24, 2.45) is 5.73 Å². The number of nitrogens with zero attached hydrogens (tertiary/aromatic N) is 3. The molecule has 1 aliphatic rings. The van der Waals surface area contributed by atoms with Crippen LogP contribution in [0.5, 0.6) is 6.01 Å². The fourth-order valence-electron chi connectivity index (χ4n) is 4.02. The van der Waals surface area contributed by atoms with Crippen LogP contribution in [-0.2, 0) is 19.9 Å². The molecule has 1 atom stereocenters. The molecule has 2 aromatic carbocycles. The number of halogens is 4. The lowest BCUT2D eigenvalue weighted by Crippen LogP contribution is -2.44. The third-order valence-corrected chi connectivity index (χ3v) is 6.68. The van der Waals surface area contributed by atoms with Crippen LogP contribution in [0.15, 0.2) is 48.5 Å². The molecule has 0 radical (unpaired) electrons. The first-order valence-corrected chi connectivity index (χ1v) is 13.6. The highest BCUT2D eigenvalue weighted by Gasteiger charge is 2.45. The van der Waals surface area contributed by atoms with Gasteiger partial charge < -0.3 is 36.8 Å². The molecule has 0 aliphatic heterocycles. The Bertz CT molecular complexity index is 1570. The van der Waals surface area contributed by atoms with Crippen molar-refractivity contribution < 1.29 is 42.2 Å². The standard InChI is InChI=1S/C27H26ClF3N8O6/c28-16-5-3-15(4-6-16)26(10-11-26)39-24-36-23(37-25(38-24)45-13-27(29,30)31)34-17-7-1-14(2-8-17)20(41)35-18(22(43)44)9-12-33-21(42)19(32)40/h1-8,18H,9-13H2,(H2,32,40)(H,33,42)(H,35,41)(H,43,44)(H2,34,36,37,38,39)/t18-/m1/s1. The Morgan fingerprint density at radius 3 is 2.22 bits per heavy atom. The van der Waals surface area contributed by atoms with E-state index in [4.69, 9.17) is 22.1 Å². The number of hydrogen-bond acceptors (Lipinski definition) is 10. The summed E-state index contributed by atoms with van der Waals surface area (Å²) in [6.45, 7) is -1.86. The van der Waals surface area contributed by atoms with Crippen molar-refractivity contribution >= 4 is 52.9 Å². The second-order valence-corrected chi connectivity index (χ2v) is 10.3. The van der Waals surface area contributed by atoms with E-state index < -0.39 is 54.1 Å². The SMILES string of the molecule is NC(=O)C(=O)NCC[C@@H](NC(=O)c1ccc(Nc2nc(NC3(c4ccc(Cl)cc4)CC3)nc(OCC(F)(F)F)n2)cc1)C(=O)O. The summed E-state index contributed by atoms with van der Waals surface area (Å²) in [5, 5.41) is 20.4. The van der Waals surface area contributed by atoms with Gasteiger partial charge in [0.2, 0.25) is 11.9 Å². The maximum absolute atomic E-state index is 12.8. The van der Waals surface area contributed by atoms with Crippen LogP contribution in [0.1, 0.15) is 35.2 Å². The Kier molecular flexibility index (Phi) is 9.91. The number of carbonyl (C=O) groups is 4. The number of ether oxygens (including phenoxy) is 1. The molecule has 1 fully saturated rings. The van der Waals surface area contributed by atoms with Crippen LogP contribution in [0.4, 0.5) is 30.8 Å². The second kappa shape index (κ2) is 13.6. The van der Waals surface area contributed by atoms with Crippen LogP contribution >= 0.6 is 11.6 Å². The van der Waals surface area contributed by atoms with Crippen LogP contribution in [0.3, 0.4) is 0 Å². The highest BCUT2D eigenvalue weighted by atomic mass is 35.5. The average Bonchev–Trinajstić information content (AvgIpc) is 3.75. The largest absolute Gasteiger partial charge is 0.480 e. The smallest absolute Gasteiger partial charge is 0.422 e. The molecule has 3 amide bonds. The quantitative estimate of drug-likeness (QED) is 0.148. The number of alkyl halides is 3. The zero-order valence-corrected chi connectivity index (χ0v) is 23.9. The van der Waals surface area contributed by atoms with Gasteiger partial charge in [0.1, 0.15) is 6.04 Å². The number of rotatable bonds is 13. The first kappa shape index (κ1) is 32.7. The molecular weight excluding hydrogens is 625 g/mol. The van der Waals surface area contributed by atoms with Gasteiger partial charge in [-0.3, -0.25) is 14.4 Å². The highest BCUT2D eigenvalue weighted by molar-refractivity contribution is 6.34. The molecule has 14 nitrogen and oxygen atoms in total. The van der Waals surface area contributed by atoms with Gasteiger partial charge in [0.15, 0.2) is 6.61 Å². The summed E-state index contributed by atoms with van der Waals surface area (Å²) in [6.07, 6.45) is -3.46. The number of amides is 3. The molecule has 1 aromatic heterocycles. The number of carboxylic acid groups (broad SMARTS) is 1. The summed E-state index contributed by atoms with van der Waals surface area (Å²) in [5.74, 6) is -4.65. The number of benzene rings is 2. The van der Waals surface area contributed by atoms with E-state index in [0.717, 1.165) is 5.56 Å². The summed E-state index contributed by atoms with van der Waals surface area (Å²) >= 11 is 5.99. The van der Waals surface area contributed by atoms with Crippen molar-refractivity contribution in [2.75, 3.05) is 23.8 Å². The van der Waals surface area contributed by atoms with Gasteiger partial charge in [0.05, 0.1) is 5.54 Å². The number of nitrogens with one attached hydrogen (secondary N) is 4. The first-order valence-electron chi connectivity index (χ1n) is 13.2. The minimum absolute atomic E-state index is 0.0418. The molecule has 4 rings (SSSR count). The van der Waals surface area contributed by atoms with E-state index in [9.17, 15) is 37.5 Å². The van der Waals surface area contributed by atoms with Gasteiger partial charge in [-0.1, -0.05) is 23.7 Å². The van der Waals surface area contributed by atoms with Gasteiger partial charge >= 0.3 is 30.0 Å². The third kappa shape index (κ3) is 9.40. The zero-order valence-electron chi connectivity index (χ0n) is 23.2. The summed E-state index contributed by atoms with van der Waals surface area (Å²) < 4.78 is 43.3. The molecule has 7 N–H and O–H groups in total. The van der Waals surface area contributed by atoms with E-state index in [0.29, 0.717) is 23.6 Å². The topological polar surface area (TPSA) is 211 Å². The molecule has 0 bridgehead atoms. The van der Waals surface area contributed by atoms with Crippen LogP contribution in [0.2, 0.25) is 5.02 Å². The van der Waals surface area contributed by atoms with Gasteiger partial charge in [-0.05, 0) is 61.2 Å². The first-order chi connectivity index (χ1) is 21.2. The molecule has 1 heterocycles. The molecule has 18 heteroatoms. The Morgan fingerprint density at radius 1 is 1.00 bits per heavy atom. The average molecular weight is 651 g/mol. The van der Waals surface area contributed by atoms with E-state index in [-0.39, 0.29) is 30.4 Å². The monoisotopic (exact) mass is 650 g/mol. The summed E-state index contributed by atoms with van der Waals surface area (Å²) in [7, 11) is 0. The number of aromatic nitrogens is 3. The van der Waals surface area contributed by atoms with Crippen molar-refractivity contribution in [3.63, 3.8) is 0 Å². The minimum Gasteiger partial charge on any atom is -0.480 e. The van der Waals surface area contributed by atoms with Gasteiger partial charge in [0, 0.05) is 22.8 Å². The highest BCUT2D eigenvalue weighted by Crippen LogP contribution is 2.48. The summed E-state index contributed by atoms with van der Waals surface area (Å²) in [5.41, 5.74) is 5.54. The number of primary amides is 1. The van der Waals surface area contributed by atoms with E-state index in [1.165, 1.54) is 24.3 Å². The van der Waals surface area contributed by atoms with Crippen molar-refractivity contribution in [2.45, 2.75) is 37.0 Å². The van der Waals surface area contributed by atoms with Crippen LogP contribution in [0, 0.1) is 0 Å². The van der Waals surface area contributed by atoms with Crippen molar-refractivity contribution in [1.82, 2.24) is 25.6 Å². The maximum Gasteiger partial charge on any atom is 0.422 e. The number of nitrogens with two attached hydrogens (primary N) is 1. The fourth-order valence-corrected chi connectivity index (χ4v) is 4.15. The molecule has 1 saturated carbocycles. The van der Waals surface area contributed by atoms with Gasteiger partial charge in [-0.15, -0.1) is 0 Å². The van der Waals surface area contributed by atoms with Gasteiger partial charge in [-0.25, -0.2) is 4.79 Å². The predicted molar refractivity (Wildman–Crippen MR) is 153 cm³/mol. The van der Waals surface area contributed by atoms with Crippen molar-refractivity contribution in [3.05, 3.63) is 64.7 Å². The Morgan fingerprint density at radius 2 is 1.64 bits per heavy atom. The molecule has 1 aliphatic carbocycles. The molecule has 0 saturated heterocycles. The molecule has 3 aromatic rings. The normalized spacial score (nSPS) is 14.0. The third-order valence-electron chi connectivity index (χ3n) is 6.43. The lowest BCUT2D eigenvalue weighted by molar-refractivity contribution is -0.154. The maximum atomic E-state index is 12.8. The molecule has 0 spiro atoms. The Hall–Kier alpha value is -5.19. The Labute approximate surface area is 257 Å². The second-order valence-electron chi connectivity index (χ2n) is 9.86. The molecule has 238 valence electrons. The number of carbonyl (C=O) groups excluding carboxylic acids is 3. The van der Waals surface area contributed by atoms with Crippen molar-refractivity contribution in [3.8, 4) is 6.01 Å².